The highest BCUT2D eigenvalue weighted by Gasteiger charge is 2.66. The molecule has 1 aliphatic heterocycles. The van der Waals surface area contributed by atoms with Gasteiger partial charge in [0.05, 0.1) is 4.92 Å². The lowest BCUT2D eigenvalue weighted by Gasteiger charge is -2.71. The molecule has 10 unspecified atom stereocenters. The van der Waals surface area contributed by atoms with Crippen molar-refractivity contribution in [3.05, 3.63) is 46.0 Å². The van der Waals surface area contributed by atoms with Gasteiger partial charge in [-0.3, -0.25) is 15.0 Å². The van der Waals surface area contributed by atoms with Gasteiger partial charge in [-0.1, -0.05) is 30.7 Å². The van der Waals surface area contributed by atoms with Gasteiger partial charge >= 0.3 is 0 Å². The van der Waals surface area contributed by atoms with Crippen molar-refractivity contribution in [3.8, 4) is 5.75 Å². The molecular weight excluding hydrogens is 699 g/mol. The van der Waals surface area contributed by atoms with Gasteiger partial charge in [0.25, 0.3) is 5.69 Å². The van der Waals surface area contributed by atoms with E-state index in [1.54, 1.807) is 75.6 Å². The van der Waals surface area contributed by atoms with E-state index in [1.807, 2.05) is 6.07 Å². The molecule has 298 valence electrons. The number of nitrogens with zero attached hydrogens (tertiary/aromatic N) is 2. The van der Waals surface area contributed by atoms with E-state index in [9.17, 15) is 10.1 Å². The SMILES string of the molecule is NOOc1cc(N)c2c(N)c3ccc([N+](=O)[O-])cc3c(CN3CC4CCC5C6CCC7C8CCCC9CCCC(C%10CCC(C%11CCC(C3)C4C5%11)C6C7%10)C98)c2c1. The summed E-state index contributed by atoms with van der Waals surface area (Å²) in [5, 5.41) is 15.2. The van der Waals surface area contributed by atoms with Crippen LogP contribution in [0.5, 0.6) is 5.75 Å². The molecule has 3 aromatic rings. The van der Waals surface area contributed by atoms with Crippen molar-refractivity contribution in [2.45, 2.75) is 96.4 Å². The number of nitro groups is 1. The molecule has 0 bridgehead atoms. The molecule has 8 saturated carbocycles. The molecule has 9 fully saturated rings. The Morgan fingerprint density at radius 2 is 1.18 bits per heavy atom. The minimum Gasteiger partial charge on any atom is -0.398 e. The lowest BCUT2D eigenvalue weighted by Crippen LogP contribution is -2.66. The number of non-ortho nitro benzene ring substituents is 1. The summed E-state index contributed by atoms with van der Waals surface area (Å²) < 4.78 is 0. The zero-order valence-electron chi connectivity index (χ0n) is 32.9. The molecule has 0 aromatic heterocycles. The average molecular weight is 760 g/mol. The van der Waals surface area contributed by atoms with Gasteiger partial charge in [-0.15, -0.1) is 0 Å². The van der Waals surface area contributed by atoms with Crippen LogP contribution in [0, 0.1) is 105 Å². The lowest BCUT2D eigenvalue weighted by molar-refractivity contribution is -0.384. The van der Waals surface area contributed by atoms with Crippen LogP contribution in [-0.4, -0.2) is 22.9 Å². The third-order valence-electron chi connectivity index (χ3n) is 19.4. The first-order valence-electron chi connectivity index (χ1n) is 22.8. The summed E-state index contributed by atoms with van der Waals surface area (Å²) in [4.78, 5) is 24.2. The summed E-state index contributed by atoms with van der Waals surface area (Å²) >= 11 is 0. The standard InChI is InChI=1S/C47H61N5O4/c48-40-19-27(55-56-50)18-38-39(37-17-26(52(53)54)9-12-36(37)47(49)46(38)40)22-51-20-24-7-10-30-34-15-13-32-28-5-1-3-23-4-2-6-29(42(23)28)33-14-16-35(45(34)44(32)33)31-11-8-25(21-51)41(24)43(30)31/h9,12,17-19,23-25,28-35,41-45H,1-8,10-11,13-16,20-22,48-50H2. The molecule has 3 aromatic carbocycles. The van der Waals surface area contributed by atoms with Crippen molar-refractivity contribution in [3.63, 3.8) is 0 Å². The quantitative estimate of drug-likeness (QED) is 0.0768. The predicted molar refractivity (Wildman–Crippen MR) is 219 cm³/mol. The number of nitro benzene ring substituents is 1. The van der Waals surface area contributed by atoms with Crippen LogP contribution in [0.15, 0.2) is 30.3 Å². The molecule has 0 spiro atoms. The van der Waals surface area contributed by atoms with E-state index >= 15 is 0 Å². The number of hydrogen-bond donors (Lipinski definition) is 3. The van der Waals surface area contributed by atoms with Crippen LogP contribution in [0.1, 0.15) is 95.5 Å². The van der Waals surface area contributed by atoms with E-state index in [0.717, 1.165) is 123 Å². The number of rotatable bonds is 5. The van der Waals surface area contributed by atoms with Crippen LogP contribution in [0.3, 0.4) is 0 Å². The number of hydrogen-bond acceptors (Lipinski definition) is 8. The Labute approximate surface area is 330 Å². The van der Waals surface area contributed by atoms with E-state index < -0.39 is 0 Å². The number of benzene rings is 3. The van der Waals surface area contributed by atoms with Gasteiger partial charge in [-0.05, 0) is 187 Å². The highest BCUT2D eigenvalue weighted by molar-refractivity contribution is 6.17. The average Bonchev–Trinajstić information content (AvgIpc) is 3.21. The van der Waals surface area contributed by atoms with Crippen molar-refractivity contribution in [2.24, 2.45) is 101 Å². The Bertz CT molecular complexity index is 2030. The third kappa shape index (κ3) is 4.89. The van der Waals surface area contributed by atoms with Crippen LogP contribution >= 0.6 is 0 Å². The number of anilines is 2. The Balaban J connectivity index is 0.862. The first-order valence-corrected chi connectivity index (χ1v) is 22.8. The Morgan fingerprint density at radius 1 is 0.625 bits per heavy atom. The zero-order valence-corrected chi connectivity index (χ0v) is 32.9. The highest BCUT2D eigenvalue weighted by atomic mass is 17.3. The summed E-state index contributed by atoms with van der Waals surface area (Å²) in [6, 6.07) is 8.58. The molecular formula is C47H61N5O4. The molecule has 1 heterocycles. The molecule has 56 heavy (non-hydrogen) atoms. The predicted octanol–water partition coefficient (Wildman–Crippen LogP) is 9.49. The maximum absolute atomic E-state index is 12.0. The topological polar surface area (TPSA) is 143 Å². The number of fused-ring (bicyclic) bond motifs is 6. The largest absolute Gasteiger partial charge is 0.398 e. The van der Waals surface area contributed by atoms with Crippen LogP contribution in [-0.2, 0) is 11.5 Å². The van der Waals surface area contributed by atoms with Gasteiger partial charge in [0.1, 0.15) is 0 Å². The van der Waals surface area contributed by atoms with Crippen LogP contribution in [0.4, 0.5) is 17.1 Å². The minimum absolute atomic E-state index is 0.0620. The van der Waals surface area contributed by atoms with Gasteiger partial charge in [0, 0.05) is 60.0 Å². The summed E-state index contributed by atoms with van der Waals surface area (Å²) in [5.74, 6) is 21.3. The number of nitrogens with two attached hydrogens (primary N) is 3. The second-order valence-corrected chi connectivity index (χ2v) is 20.8. The minimum atomic E-state index is -0.317. The fourth-order valence-electron chi connectivity index (χ4n) is 18.3. The summed E-state index contributed by atoms with van der Waals surface area (Å²) in [6.45, 7) is 2.86. The van der Waals surface area contributed by atoms with Gasteiger partial charge in [0.2, 0.25) is 0 Å². The van der Waals surface area contributed by atoms with Gasteiger partial charge in [-0.2, -0.15) is 5.90 Å². The molecule has 1 saturated heterocycles. The molecule has 9 aliphatic rings. The van der Waals surface area contributed by atoms with Crippen molar-refractivity contribution in [1.29, 1.82) is 0 Å². The van der Waals surface area contributed by atoms with Gasteiger partial charge < -0.3 is 16.4 Å². The van der Waals surface area contributed by atoms with Crippen molar-refractivity contribution < 1.29 is 14.8 Å². The van der Waals surface area contributed by atoms with Gasteiger partial charge in [0.15, 0.2) is 5.75 Å². The first-order chi connectivity index (χ1) is 27.4. The van der Waals surface area contributed by atoms with Crippen molar-refractivity contribution in [2.75, 3.05) is 24.6 Å². The monoisotopic (exact) mass is 759 g/mol. The Morgan fingerprint density at radius 3 is 1.75 bits per heavy atom. The van der Waals surface area contributed by atoms with Crippen molar-refractivity contribution >= 4 is 38.6 Å². The molecule has 9 heteroatoms. The Kier molecular flexibility index (Phi) is 8.05. The van der Waals surface area contributed by atoms with E-state index in [1.165, 1.54) is 38.5 Å². The molecule has 9 nitrogen and oxygen atoms in total. The highest BCUT2D eigenvalue weighted by Crippen LogP contribution is 2.73. The molecule has 8 aliphatic carbocycles. The molecule has 10 atom stereocenters. The smallest absolute Gasteiger partial charge is 0.270 e. The summed E-state index contributed by atoms with van der Waals surface area (Å²) in [5.41, 5.74) is 15.5. The van der Waals surface area contributed by atoms with Crippen molar-refractivity contribution in [1.82, 2.24) is 4.90 Å². The zero-order chi connectivity index (χ0) is 37.6. The van der Waals surface area contributed by atoms with Crippen LogP contribution in [0.2, 0.25) is 0 Å². The second-order valence-electron chi connectivity index (χ2n) is 20.8. The van der Waals surface area contributed by atoms with Crippen LogP contribution in [0.25, 0.3) is 21.5 Å². The molecule has 0 amide bonds. The van der Waals surface area contributed by atoms with E-state index in [0.29, 0.717) is 35.5 Å². The maximum Gasteiger partial charge on any atom is 0.270 e. The molecule has 0 radical (unpaired) electrons. The first kappa shape index (κ1) is 34.9. The third-order valence-corrected chi connectivity index (χ3v) is 19.4. The Hall–Kier alpha value is -3.14. The fraction of sp³-hybridized carbons (Fsp3) is 0.702. The normalized spacial score (nSPS) is 43.4. The summed E-state index contributed by atoms with van der Waals surface area (Å²) in [7, 11) is 0. The molecule has 6 N–H and O–H groups in total. The van der Waals surface area contributed by atoms with E-state index in [-0.39, 0.29) is 10.6 Å². The molecule has 12 rings (SSSR count). The number of likely N-dealkylation sites (tertiary alicyclic amines) is 1. The van der Waals surface area contributed by atoms with E-state index in [2.05, 4.69) is 9.89 Å². The maximum atomic E-state index is 12.0. The number of piperidine rings is 1. The second kappa shape index (κ2) is 12.9. The van der Waals surface area contributed by atoms with Crippen LogP contribution < -0.4 is 22.3 Å². The summed E-state index contributed by atoms with van der Waals surface area (Å²) in [6.07, 6.45) is 21.1. The number of nitrogen functional groups attached to an aromatic ring is 2. The fourth-order valence-corrected chi connectivity index (χ4v) is 18.3. The lowest BCUT2D eigenvalue weighted by atomic mass is 9.34. The van der Waals surface area contributed by atoms with E-state index in [4.69, 9.17) is 22.3 Å². The van der Waals surface area contributed by atoms with Gasteiger partial charge in [-0.25, -0.2) is 0 Å².